The summed E-state index contributed by atoms with van der Waals surface area (Å²) in [5.74, 6) is 0. The quantitative estimate of drug-likeness (QED) is 0.504. The lowest BCUT2D eigenvalue weighted by atomic mass is 10.1. The molecule has 0 heterocycles. The van der Waals surface area contributed by atoms with Crippen molar-refractivity contribution in [2.75, 3.05) is 27.4 Å². The Morgan fingerprint density at radius 2 is 1.10 bits per heavy atom. The molecule has 0 atom stereocenters. The third-order valence-electron chi connectivity index (χ3n) is 3.12. The van der Waals surface area contributed by atoms with E-state index in [1.54, 1.807) is 14.2 Å². The van der Waals surface area contributed by atoms with Gasteiger partial charge < -0.3 is 23.7 Å². The minimum atomic E-state index is -1.09. The van der Waals surface area contributed by atoms with E-state index >= 15 is 0 Å². The van der Waals surface area contributed by atoms with E-state index in [4.69, 9.17) is 18.9 Å². The number of rotatable bonds is 8. The fourth-order valence-electron chi connectivity index (χ4n) is 1.09. The molecule has 0 spiro atoms. The van der Waals surface area contributed by atoms with Gasteiger partial charge in [-0.3, -0.25) is 0 Å². The summed E-state index contributed by atoms with van der Waals surface area (Å²) >= 11 is 0. The van der Waals surface area contributed by atoms with Gasteiger partial charge in [0.05, 0.1) is 24.4 Å². The predicted molar refractivity (Wildman–Crippen MR) is 75.2 cm³/mol. The normalized spacial score (nSPS) is 11.9. The van der Waals surface area contributed by atoms with Gasteiger partial charge in [-0.1, -0.05) is 0 Å². The third-order valence-corrected chi connectivity index (χ3v) is 3.12. The van der Waals surface area contributed by atoms with Crippen molar-refractivity contribution in [2.45, 2.75) is 51.7 Å². The SMILES string of the molecule is COC(C)(C)CCOC(=O)OC(=O)OCCC(C)(C)OC. The lowest BCUT2D eigenvalue weighted by Gasteiger charge is -2.22. The molecule has 0 aliphatic heterocycles. The van der Waals surface area contributed by atoms with Crippen molar-refractivity contribution >= 4 is 12.3 Å². The van der Waals surface area contributed by atoms with E-state index in [9.17, 15) is 9.59 Å². The van der Waals surface area contributed by atoms with Gasteiger partial charge in [0, 0.05) is 27.1 Å². The van der Waals surface area contributed by atoms with Gasteiger partial charge in [0.1, 0.15) is 0 Å². The Labute approximate surface area is 125 Å². The van der Waals surface area contributed by atoms with Gasteiger partial charge in [0.2, 0.25) is 0 Å². The minimum Gasteiger partial charge on any atom is -0.434 e. The summed E-state index contributed by atoms with van der Waals surface area (Å²) in [6.45, 7) is 7.59. The lowest BCUT2D eigenvalue weighted by molar-refractivity contribution is -0.0173. The van der Waals surface area contributed by atoms with Crippen LogP contribution in [0.5, 0.6) is 0 Å². The molecule has 0 aromatic rings. The van der Waals surface area contributed by atoms with Gasteiger partial charge in [-0.05, 0) is 27.7 Å². The Morgan fingerprint density at radius 1 is 0.762 bits per heavy atom. The number of carbonyl (C=O) groups is 2. The van der Waals surface area contributed by atoms with Crippen LogP contribution >= 0.6 is 0 Å². The summed E-state index contributed by atoms with van der Waals surface area (Å²) in [5.41, 5.74) is -0.820. The highest BCUT2D eigenvalue weighted by Gasteiger charge is 2.20. The van der Waals surface area contributed by atoms with E-state index in [0.29, 0.717) is 12.8 Å². The first-order valence-electron chi connectivity index (χ1n) is 6.73. The Bertz CT molecular complexity index is 304. The number of hydrogen-bond donors (Lipinski definition) is 0. The van der Waals surface area contributed by atoms with Crippen LogP contribution < -0.4 is 0 Å². The fraction of sp³-hybridized carbons (Fsp3) is 0.857. The number of ether oxygens (including phenoxy) is 5. The Kier molecular flexibility index (Phi) is 8.27. The van der Waals surface area contributed by atoms with Gasteiger partial charge in [0.25, 0.3) is 0 Å². The minimum absolute atomic E-state index is 0.0870. The van der Waals surface area contributed by atoms with Crippen LogP contribution in [0.1, 0.15) is 40.5 Å². The van der Waals surface area contributed by atoms with Crippen LogP contribution in [0.15, 0.2) is 0 Å². The molecule has 124 valence electrons. The van der Waals surface area contributed by atoms with Gasteiger partial charge in [-0.15, -0.1) is 0 Å². The van der Waals surface area contributed by atoms with Crippen LogP contribution in [0.25, 0.3) is 0 Å². The van der Waals surface area contributed by atoms with E-state index in [2.05, 4.69) is 4.74 Å². The van der Waals surface area contributed by atoms with Crippen LogP contribution in [0, 0.1) is 0 Å². The average molecular weight is 306 g/mol. The summed E-state index contributed by atoms with van der Waals surface area (Å²) in [4.78, 5) is 22.5. The molecular formula is C14H26O7. The second-order valence-corrected chi connectivity index (χ2v) is 5.73. The molecule has 0 fully saturated rings. The highest BCUT2D eigenvalue weighted by Crippen LogP contribution is 2.13. The molecular weight excluding hydrogens is 280 g/mol. The van der Waals surface area contributed by atoms with Crippen molar-refractivity contribution in [1.82, 2.24) is 0 Å². The summed E-state index contributed by atoms with van der Waals surface area (Å²) in [6, 6.07) is 0. The molecule has 21 heavy (non-hydrogen) atoms. The summed E-state index contributed by atoms with van der Waals surface area (Å²) in [6.07, 6.45) is -1.21. The van der Waals surface area contributed by atoms with Crippen LogP contribution in [0.3, 0.4) is 0 Å². The van der Waals surface area contributed by atoms with Crippen LogP contribution in [-0.2, 0) is 23.7 Å². The lowest BCUT2D eigenvalue weighted by Crippen LogP contribution is -2.27. The molecule has 0 aliphatic rings. The van der Waals surface area contributed by atoms with Crippen LogP contribution in [0.2, 0.25) is 0 Å². The monoisotopic (exact) mass is 306 g/mol. The van der Waals surface area contributed by atoms with E-state index < -0.39 is 23.5 Å². The molecule has 0 saturated heterocycles. The molecule has 0 unspecified atom stereocenters. The molecule has 0 aromatic heterocycles. The molecule has 0 radical (unpaired) electrons. The van der Waals surface area contributed by atoms with E-state index in [-0.39, 0.29) is 13.2 Å². The smallest absolute Gasteiger partial charge is 0.434 e. The summed E-state index contributed by atoms with van der Waals surface area (Å²) in [7, 11) is 3.13. The van der Waals surface area contributed by atoms with Gasteiger partial charge in [-0.25, -0.2) is 9.59 Å². The Balaban J connectivity index is 3.83. The van der Waals surface area contributed by atoms with Crippen molar-refractivity contribution < 1.29 is 33.3 Å². The molecule has 0 saturated carbocycles. The standard InChI is InChI=1S/C14H26O7/c1-13(2,17-5)7-9-19-11(15)21-12(16)20-10-8-14(3,4)18-6/h7-10H2,1-6H3. The number of carbonyl (C=O) groups excluding carboxylic acids is 2. The number of methoxy groups -OCH3 is 2. The zero-order valence-corrected chi connectivity index (χ0v) is 13.7. The van der Waals surface area contributed by atoms with Gasteiger partial charge in [-0.2, -0.15) is 0 Å². The molecule has 0 N–H and O–H groups in total. The first-order valence-corrected chi connectivity index (χ1v) is 6.73. The maximum Gasteiger partial charge on any atom is 0.518 e. The number of hydrogen-bond acceptors (Lipinski definition) is 7. The van der Waals surface area contributed by atoms with Gasteiger partial charge >= 0.3 is 12.3 Å². The zero-order valence-electron chi connectivity index (χ0n) is 13.7. The van der Waals surface area contributed by atoms with Crippen LogP contribution in [-0.4, -0.2) is 50.9 Å². The van der Waals surface area contributed by atoms with Crippen molar-refractivity contribution in [3.05, 3.63) is 0 Å². The predicted octanol–water partition coefficient (Wildman–Crippen LogP) is 2.91. The topological polar surface area (TPSA) is 80.3 Å². The van der Waals surface area contributed by atoms with Crippen LogP contribution in [0.4, 0.5) is 9.59 Å². The molecule has 0 aliphatic carbocycles. The maximum atomic E-state index is 11.2. The first-order chi connectivity index (χ1) is 9.62. The van der Waals surface area contributed by atoms with Crippen molar-refractivity contribution in [2.24, 2.45) is 0 Å². The zero-order chi connectivity index (χ0) is 16.5. The van der Waals surface area contributed by atoms with Gasteiger partial charge in [0.15, 0.2) is 0 Å². The average Bonchev–Trinajstić information content (AvgIpc) is 2.38. The Hall–Kier alpha value is -1.34. The molecule has 0 rings (SSSR count). The molecule has 0 amide bonds. The summed E-state index contributed by atoms with van der Waals surface area (Å²) < 4.78 is 24.2. The molecule has 7 nitrogen and oxygen atoms in total. The maximum absolute atomic E-state index is 11.2. The fourth-order valence-corrected chi connectivity index (χ4v) is 1.09. The molecule has 0 aromatic carbocycles. The van der Waals surface area contributed by atoms with E-state index in [0.717, 1.165) is 0 Å². The highest BCUT2D eigenvalue weighted by molar-refractivity contribution is 5.76. The Morgan fingerprint density at radius 3 is 1.38 bits per heavy atom. The first kappa shape index (κ1) is 19.7. The van der Waals surface area contributed by atoms with E-state index in [1.807, 2.05) is 27.7 Å². The summed E-state index contributed by atoms with van der Waals surface area (Å²) in [5, 5.41) is 0. The van der Waals surface area contributed by atoms with Crippen molar-refractivity contribution in [3.63, 3.8) is 0 Å². The van der Waals surface area contributed by atoms with Crippen molar-refractivity contribution in [1.29, 1.82) is 0 Å². The molecule has 7 heteroatoms. The largest absolute Gasteiger partial charge is 0.518 e. The second kappa shape index (κ2) is 8.84. The highest BCUT2D eigenvalue weighted by atomic mass is 16.8. The van der Waals surface area contributed by atoms with E-state index in [1.165, 1.54) is 0 Å². The third kappa shape index (κ3) is 10.1. The molecule has 0 bridgehead atoms. The van der Waals surface area contributed by atoms with Crippen molar-refractivity contribution in [3.8, 4) is 0 Å². The second-order valence-electron chi connectivity index (χ2n) is 5.73.